The van der Waals surface area contributed by atoms with Gasteiger partial charge in [-0.15, -0.1) is 0 Å². The first-order valence-electron chi connectivity index (χ1n) is 4.73. The van der Waals surface area contributed by atoms with Gasteiger partial charge in [-0.2, -0.15) is 10.4 Å². The van der Waals surface area contributed by atoms with Crippen LogP contribution in [0.5, 0.6) is 0 Å². The van der Waals surface area contributed by atoms with Gasteiger partial charge in [0.05, 0.1) is 17.7 Å². The molecule has 1 amide bonds. The van der Waals surface area contributed by atoms with Crippen molar-refractivity contribution >= 4 is 5.91 Å². The average molecular weight is 206 g/mol. The largest absolute Gasteiger partial charge is 0.349 e. The molecule has 0 spiro atoms. The first kappa shape index (κ1) is 11.2. The number of hydrogen-bond donors (Lipinski definition) is 1. The molecule has 1 aromatic heterocycles. The van der Waals surface area contributed by atoms with Gasteiger partial charge in [-0.25, -0.2) is 0 Å². The quantitative estimate of drug-likeness (QED) is 0.788. The van der Waals surface area contributed by atoms with Gasteiger partial charge in [-0.05, 0) is 19.9 Å². The van der Waals surface area contributed by atoms with Crippen LogP contribution >= 0.6 is 0 Å². The molecule has 0 saturated carbocycles. The van der Waals surface area contributed by atoms with E-state index in [1.54, 1.807) is 20.0 Å². The lowest BCUT2D eigenvalue weighted by atomic mass is 10.2. The van der Waals surface area contributed by atoms with Crippen LogP contribution in [0.1, 0.15) is 23.1 Å². The highest BCUT2D eigenvalue weighted by molar-refractivity contribution is 5.92. The van der Waals surface area contributed by atoms with Crippen molar-refractivity contribution < 1.29 is 4.79 Å². The average Bonchev–Trinajstić information content (AvgIpc) is 2.53. The van der Waals surface area contributed by atoms with Crippen molar-refractivity contribution in [1.29, 1.82) is 5.26 Å². The molecule has 1 N–H and O–H groups in total. The normalized spacial score (nSPS) is 11.9. The number of nitriles is 1. The summed E-state index contributed by atoms with van der Waals surface area (Å²) >= 11 is 0. The van der Waals surface area contributed by atoms with E-state index in [1.165, 1.54) is 4.68 Å². The highest BCUT2D eigenvalue weighted by Gasteiger charge is 2.11. The van der Waals surface area contributed by atoms with Crippen molar-refractivity contribution in [3.63, 3.8) is 0 Å². The minimum atomic E-state index is -0.194. The molecule has 0 fully saturated rings. The van der Waals surface area contributed by atoms with Gasteiger partial charge in [0, 0.05) is 13.6 Å². The number of aromatic nitrogens is 2. The number of rotatable bonds is 3. The highest BCUT2D eigenvalue weighted by atomic mass is 16.2. The van der Waals surface area contributed by atoms with E-state index >= 15 is 0 Å². The van der Waals surface area contributed by atoms with E-state index in [0.717, 1.165) is 5.69 Å². The molecule has 0 aliphatic rings. The first-order chi connectivity index (χ1) is 7.04. The molecule has 0 aliphatic carbocycles. The monoisotopic (exact) mass is 206 g/mol. The number of hydrogen-bond acceptors (Lipinski definition) is 3. The highest BCUT2D eigenvalue weighted by Crippen LogP contribution is 2.01. The van der Waals surface area contributed by atoms with Gasteiger partial charge in [0.1, 0.15) is 5.69 Å². The van der Waals surface area contributed by atoms with Crippen molar-refractivity contribution in [3.05, 3.63) is 17.5 Å². The predicted octanol–water partition coefficient (Wildman–Crippen LogP) is 0.618. The Bertz CT molecular complexity index is 402. The molecule has 0 bridgehead atoms. The van der Waals surface area contributed by atoms with Crippen LogP contribution in [0.3, 0.4) is 0 Å². The summed E-state index contributed by atoms with van der Waals surface area (Å²) in [4.78, 5) is 11.6. The molecule has 1 rings (SSSR count). The zero-order valence-electron chi connectivity index (χ0n) is 9.11. The summed E-state index contributed by atoms with van der Waals surface area (Å²) in [6.45, 7) is 3.95. The summed E-state index contributed by atoms with van der Waals surface area (Å²) in [5, 5.41) is 15.3. The second-order valence-corrected chi connectivity index (χ2v) is 3.53. The molecule has 80 valence electrons. The third-order valence-electron chi connectivity index (χ3n) is 2.02. The Hall–Kier alpha value is -1.83. The fraction of sp³-hybridized carbons (Fsp3) is 0.500. The number of carbonyl (C=O) groups is 1. The van der Waals surface area contributed by atoms with Crippen molar-refractivity contribution in [1.82, 2.24) is 15.1 Å². The van der Waals surface area contributed by atoms with Crippen molar-refractivity contribution in [2.45, 2.75) is 13.8 Å². The number of amides is 1. The van der Waals surface area contributed by atoms with E-state index < -0.39 is 0 Å². The first-order valence-corrected chi connectivity index (χ1v) is 4.73. The second kappa shape index (κ2) is 4.60. The number of carbonyl (C=O) groups excluding carboxylic acids is 1. The number of nitrogens with zero attached hydrogens (tertiary/aromatic N) is 3. The molecule has 1 atom stereocenters. The lowest BCUT2D eigenvalue weighted by Crippen LogP contribution is -2.29. The molecule has 1 aromatic rings. The molecule has 1 unspecified atom stereocenters. The van der Waals surface area contributed by atoms with Crippen LogP contribution in [0.15, 0.2) is 6.07 Å². The Morgan fingerprint density at radius 2 is 2.47 bits per heavy atom. The van der Waals surface area contributed by atoms with Gasteiger partial charge >= 0.3 is 0 Å². The Balaban J connectivity index is 2.62. The SMILES string of the molecule is Cc1cc(C(=O)NCC(C)C#N)n(C)n1. The van der Waals surface area contributed by atoms with Gasteiger partial charge in [0.15, 0.2) is 0 Å². The van der Waals surface area contributed by atoms with Crippen LogP contribution in [-0.2, 0) is 7.05 Å². The zero-order chi connectivity index (χ0) is 11.4. The smallest absolute Gasteiger partial charge is 0.269 e. The molecule has 0 aromatic carbocycles. The third-order valence-corrected chi connectivity index (χ3v) is 2.02. The fourth-order valence-electron chi connectivity index (χ4n) is 1.21. The fourth-order valence-corrected chi connectivity index (χ4v) is 1.21. The summed E-state index contributed by atoms with van der Waals surface area (Å²) in [5.74, 6) is -0.372. The summed E-state index contributed by atoms with van der Waals surface area (Å²) in [5.41, 5.74) is 1.31. The summed E-state index contributed by atoms with van der Waals surface area (Å²) in [6, 6.07) is 3.77. The van der Waals surface area contributed by atoms with E-state index in [2.05, 4.69) is 16.5 Å². The van der Waals surface area contributed by atoms with Crippen molar-refractivity contribution in [2.75, 3.05) is 6.54 Å². The van der Waals surface area contributed by atoms with Crippen LogP contribution in [0, 0.1) is 24.2 Å². The van der Waals surface area contributed by atoms with Crippen LogP contribution in [0.2, 0.25) is 0 Å². The van der Waals surface area contributed by atoms with E-state index in [1.807, 2.05) is 6.92 Å². The lowest BCUT2D eigenvalue weighted by Gasteiger charge is -2.05. The summed E-state index contributed by atoms with van der Waals surface area (Å²) in [6.07, 6.45) is 0. The molecule has 15 heavy (non-hydrogen) atoms. The maximum atomic E-state index is 11.6. The maximum Gasteiger partial charge on any atom is 0.269 e. The third kappa shape index (κ3) is 2.81. The number of nitrogens with one attached hydrogen (secondary N) is 1. The molecular formula is C10H14N4O. The molecule has 0 radical (unpaired) electrons. The topological polar surface area (TPSA) is 70.7 Å². The lowest BCUT2D eigenvalue weighted by molar-refractivity contribution is 0.0941. The Kier molecular flexibility index (Phi) is 3.45. The molecular weight excluding hydrogens is 192 g/mol. The van der Waals surface area contributed by atoms with Crippen LogP contribution in [0.4, 0.5) is 0 Å². The minimum Gasteiger partial charge on any atom is -0.349 e. The standard InChI is InChI=1S/C10H14N4O/c1-7(5-11)6-12-10(15)9-4-8(2)13-14(9)3/h4,7H,6H2,1-3H3,(H,12,15). The maximum absolute atomic E-state index is 11.6. The second-order valence-electron chi connectivity index (χ2n) is 3.53. The van der Waals surface area contributed by atoms with Crippen LogP contribution < -0.4 is 5.32 Å². The number of aryl methyl sites for hydroxylation is 2. The van der Waals surface area contributed by atoms with Crippen LogP contribution in [0.25, 0.3) is 0 Å². The van der Waals surface area contributed by atoms with Gasteiger partial charge in [0.2, 0.25) is 0 Å². The Labute approximate surface area is 88.7 Å². The van der Waals surface area contributed by atoms with Crippen molar-refractivity contribution in [3.8, 4) is 6.07 Å². The summed E-state index contributed by atoms with van der Waals surface area (Å²) < 4.78 is 1.53. The van der Waals surface area contributed by atoms with E-state index in [4.69, 9.17) is 5.26 Å². The summed E-state index contributed by atoms with van der Waals surface area (Å²) in [7, 11) is 1.72. The van der Waals surface area contributed by atoms with E-state index in [9.17, 15) is 4.79 Å². The Morgan fingerprint density at radius 3 is 2.93 bits per heavy atom. The van der Waals surface area contributed by atoms with Crippen LogP contribution in [-0.4, -0.2) is 22.2 Å². The molecule has 1 heterocycles. The zero-order valence-corrected chi connectivity index (χ0v) is 9.11. The molecule has 5 heteroatoms. The molecule has 5 nitrogen and oxygen atoms in total. The Morgan fingerprint density at radius 1 is 1.80 bits per heavy atom. The van der Waals surface area contributed by atoms with Gasteiger partial charge in [0.25, 0.3) is 5.91 Å². The molecule has 0 saturated heterocycles. The molecule has 0 aliphatic heterocycles. The predicted molar refractivity (Wildman–Crippen MR) is 55.1 cm³/mol. The minimum absolute atomic E-state index is 0.178. The van der Waals surface area contributed by atoms with E-state index in [-0.39, 0.29) is 11.8 Å². The van der Waals surface area contributed by atoms with Gasteiger partial charge in [-0.3, -0.25) is 9.48 Å². The van der Waals surface area contributed by atoms with Crippen molar-refractivity contribution in [2.24, 2.45) is 13.0 Å². The van der Waals surface area contributed by atoms with Gasteiger partial charge < -0.3 is 5.32 Å². The van der Waals surface area contributed by atoms with E-state index in [0.29, 0.717) is 12.2 Å². The van der Waals surface area contributed by atoms with Gasteiger partial charge in [-0.1, -0.05) is 0 Å².